The summed E-state index contributed by atoms with van der Waals surface area (Å²) in [5, 5.41) is 14.9. The molecule has 0 amide bonds. The van der Waals surface area contributed by atoms with Gasteiger partial charge in [-0.05, 0) is 55.0 Å². The van der Waals surface area contributed by atoms with Crippen LogP contribution in [0.15, 0.2) is 78.2 Å². The lowest BCUT2D eigenvalue weighted by Crippen LogP contribution is -2.08. The van der Waals surface area contributed by atoms with Crippen molar-refractivity contribution in [1.82, 2.24) is 4.98 Å². The average molecular weight is 419 g/mol. The summed E-state index contributed by atoms with van der Waals surface area (Å²) >= 11 is 0. The number of pyridine rings is 1. The maximum Gasteiger partial charge on any atom is 0.365 e. The number of ether oxygens (including phenoxy) is 1. The Labute approximate surface area is 179 Å². The van der Waals surface area contributed by atoms with Gasteiger partial charge in [-0.15, -0.1) is 0 Å². The Morgan fingerprint density at radius 2 is 1.58 bits per heavy atom. The number of nitro benzene ring substituents is 1. The van der Waals surface area contributed by atoms with Crippen LogP contribution in [0.4, 0.5) is 5.69 Å². The fraction of sp³-hybridized carbons (Fsp3) is 0.174. The van der Waals surface area contributed by atoms with Crippen molar-refractivity contribution in [3.8, 4) is 5.75 Å². The Bertz CT molecular complexity index is 1050. The van der Waals surface area contributed by atoms with Crippen molar-refractivity contribution in [3.63, 3.8) is 0 Å². The zero-order chi connectivity index (χ0) is 22.1. The van der Waals surface area contributed by atoms with Gasteiger partial charge in [0.1, 0.15) is 11.5 Å². The molecule has 0 spiro atoms. The lowest BCUT2D eigenvalue weighted by Gasteiger charge is -2.07. The van der Waals surface area contributed by atoms with E-state index in [0.29, 0.717) is 34.8 Å². The van der Waals surface area contributed by atoms with Crippen molar-refractivity contribution in [1.29, 1.82) is 0 Å². The fourth-order valence-corrected chi connectivity index (χ4v) is 2.68. The van der Waals surface area contributed by atoms with Crippen molar-refractivity contribution in [2.75, 3.05) is 6.61 Å². The van der Waals surface area contributed by atoms with E-state index in [4.69, 9.17) is 9.57 Å². The monoisotopic (exact) mass is 419 g/mol. The first-order valence-corrected chi connectivity index (χ1v) is 9.76. The molecule has 0 unspecified atom stereocenters. The third kappa shape index (κ3) is 5.96. The Morgan fingerprint density at radius 3 is 2.19 bits per heavy atom. The zero-order valence-electron chi connectivity index (χ0n) is 16.9. The fourth-order valence-electron chi connectivity index (χ4n) is 2.68. The molecule has 0 aliphatic heterocycles. The Balaban J connectivity index is 1.79. The molecule has 0 fully saturated rings. The molecule has 1 heterocycles. The summed E-state index contributed by atoms with van der Waals surface area (Å²) in [6, 6.07) is 15.9. The summed E-state index contributed by atoms with van der Waals surface area (Å²) in [5.74, 6) is 0.0467. The van der Waals surface area contributed by atoms with E-state index >= 15 is 0 Å². The average Bonchev–Trinajstić information content (AvgIpc) is 2.81. The summed E-state index contributed by atoms with van der Waals surface area (Å²) in [6.07, 6.45) is 5.15. The van der Waals surface area contributed by atoms with E-state index in [1.54, 1.807) is 60.9 Å². The van der Waals surface area contributed by atoms with Crippen LogP contribution in [-0.4, -0.2) is 28.2 Å². The number of carbonyl (C=O) groups is 1. The molecule has 31 heavy (non-hydrogen) atoms. The van der Waals surface area contributed by atoms with Gasteiger partial charge in [0, 0.05) is 35.7 Å². The predicted molar refractivity (Wildman–Crippen MR) is 115 cm³/mol. The number of aromatic nitrogens is 1. The summed E-state index contributed by atoms with van der Waals surface area (Å²) in [7, 11) is 0. The highest BCUT2D eigenvalue weighted by atomic mass is 16.7. The Hall–Kier alpha value is -4.07. The molecule has 0 saturated carbocycles. The van der Waals surface area contributed by atoms with Crippen LogP contribution in [0.2, 0.25) is 0 Å². The Kier molecular flexibility index (Phi) is 7.42. The van der Waals surface area contributed by atoms with Crippen molar-refractivity contribution in [2.24, 2.45) is 5.16 Å². The molecule has 0 bridgehead atoms. The quantitative estimate of drug-likeness (QED) is 0.163. The van der Waals surface area contributed by atoms with E-state index in [1.165, 1.54) is 12.1 Å². The van der Waals surface area contributed by atoms with Gasteiger partial charge < -0.3 is 9.57 Å². The first-order valence-electron chi connectivity index (χ1n) is 9.76. The number of unbranched alkanes of at least 4 members (excludes halogenated alkanes) is 1. The van der Waals surface area contributed by atoms with E-state index in [2.05, 4.69) is 17.1 Å². The van der Waals surface area contributed by atoms with E-state index in [0.717, 1.165) is 12.8 Å². The number of hydrogen-bond acceptors (Lipinski definition) is 7. The molecule has 0 radical (unpaired) electrons. The molecular weight excluding hydrogens is 398 g/mol. The molecule has 0 N–H and O–H groups in total. The molecule has 8 nitrogen and oxygen atoms in total. The molecule has 0 saturated heterocycles. The first-order chi connectivity index (χ1) is 15.1. The number of nitrogens with zero attached hydrogens (tertiary/aromatic N) is 3. The molecular formula is C23H21N3O5. The maximum atomic E-state index is 12.5. The number of nitro groups is 1. The van der Waals surface area contributed by atoms with Gasteiger partial charge in [0.15, 0.2) is 0 Å². The molecule has 3 aromatic rings. The minimum atomic E-state index is -0.631. The second kappa shape index (κ2) is 10.6. The number of oxime groups is 1. The lowest BCUT2D eigenvalue weighted by molar-refractivity contribution is -0.384. The van der Waals surface area contributed by atoms with Crippen LogP contribution in [0, 0.1) is 10.1 Å². The molecule has 1 aromatic heterocycles. The third-order valence-electron chi connectivity index (χ3n) is 4.38. The normalized spacial score (nSPS) is 11.1. The van der Waals surface area contributed by atoms with Crippen LogP contribution >= 0.6 is 0 Å². The van der Waals surface area contributed by atoms with Gasteiger partial charge in [0.25, 0.3) is 5.69 Å². The number of non-ortho nitro benzene ring substituents is 1. The number of rotatable bonds is 9. The number of carbonyl (C=O) groups excluding carboxylic acids is 1. The topological polar surface area (TPSA) is 104 Å². The zero-order valence-corrected chi connectivity index (χ0v) is 16.9. The summed E-state index contributed by atoms with van der Waals surface area (Å²) in [5.41, 5.74) is 1.84. The highest BCUT2D eigenvalue weighted by molar-refractivity contribution is 6.12. The second-order valence-electron chi connectivity index (χ2n) is 6.58. The highest BCUT2D eigenvalue weighted by Crippen LogP contribution is 2.17. The molecule has 0 aliphatic carbocycles. The van der Waals surface area contributed by atoms with Gasteiger partial charge >= 0.3 is 5.97 Å². The van der Waals surface area contributed by atoms with Crippen molar-refractivity contribution >= 4 is 17.4 Å². The molecule has 0 aliphatic rings. The van der Waals surface area contributed by atoms with Gasteiger partial charge in [-0.1, -0.05) is 18.5 Å². The van der Waals surface area contributed by atoms with Crippen LogP contribution < -0.4 is 4.74 Å². The van der Waals surface area contributed by atoms with E-state index < -0.39 is 10.9 Å². The predicted octanol–water partition coefficient (Wildman–Crippen LogP) is 4.78. The van der Waals surface area contributed by atoms with E-state index in [9.17, 15) is 14.9 Å². The van der Waals surface area contributed by atoms with E-state index in [1.807, 2.05) is 0 Å². The summed E-state index contributed by atoms with van der Waals surface area (Å²) < 4.78 is 5.59. The largest absolute Gasteiger partial charge is 0.494 e. The minimum absolute atomic E-state index is 0.0453. The molecule has 8 heteroatoms. The van der Waals surface area contributed by atoms with Crippen LogP contribution in [0.25, 0.3) is 0 Å². The summed E-state index contributed by atoms with van der Waals surface area (Å²) in [6.45, 7) is 2.70. The third-order valence-corrected chi connectivity index (χ3v) is 4.38. The van der Waals surface area contributed by atoms with Crippen LogP contribution in [0.3, 0.4) is 0 Å². The second-order valence-corrected chi connectivity index (χ2v) is 6.58. The minimum Gasteiger partial charge on any atom is -0.494 e. The number of hydrogen-bond donors (Lipinski definition) is 0. The van der Waals surface area contributed by atoms with Gasteiger partial charge in [-0.3, -0.25) is 15.1 Å². The molecule has 3 rings (SSSR count). The van der Waals surface area contributed by atoms with Crippen molar-refractivity contribution < 1.29 is 19.3 Å². The molecule has 0 atom stereocenters. The van der Waals surface area contributed by atoms with Gasteiger partial charge in [-0.2, -0.15) is 0 Å². The van der Waals surface area contributed by atoms with Gasteiger partial charge in [0.05, 0.1) is 17.1 Å². The maximum absolute atomic E-state index is 12.5. The lowest BCUT2D eigenvalue weighted by atomic mass is 10.0. The number of benzene rings is 2. The van der Waals surface area contributed by atoms with E-state index in [-0.39, 0.29) is 5.69 Å². The summed E-state index contributed by atoms with van der Waals surface area (Å²) in [4.78, 5) is 32.0. The Morgan fingerprint density at radius 1 is 0.968 bits per heavy atom. The van der Waals surface area contributed by atoms with Crippen molar-refractivity contribution in [3.05, 3.63) is 99.9 Å². The molecule has 2 aromatic carbocycles. The standard InChI is InChI=1S/C23H21N3O5/c1-2-3-16-30-21-10-6-19(7-11-21)23(27)31-25-22(18-12-14-24-15-13-18)17-4-8-20(9-5-17)26(28)29/h4-15H,2-3,16H2,1H3. The van der Waals surface area contributed by atoms with Gasteiger partial charge in [-0.25, -0.2) is 4.79 Å². The SMILES string of the molecule is CCCCOc1ccc(C(=O)ON=C(c2ccncc2)c2ccc([N+](=O)[O-])cc2)cc1. The van der Waals surface area contributed by atoms with Crippen LogP contribution in [-0.2, 0) is 4.84 Å². The first kappa shape index (κ1) is 21.6. The van der Waals surface area contributed by atoms with Crippen molar-refractivity contribution in [2.45, 2.75) is 19.8 Å². The van der Waals surface area contributed by atoms with Crippen LogP contribution in [0.1, 0.15) is 41.3 Å². The van der Waals surface area contributed by atoms with Gasteiger partial charge in [0.2, 0.25) is 0 Å². The molecule has 158 valence electrons. The smallest absolute Gasteiger partial charge is 0.365 e. The van der Waals surface area contributed by atoms with Crippen LogP contribution in [0.5, 0.6) is 5.75 Å². The highest BCUT2D eigenvalue weighted by Gasteiger charge is 2.13.